The summed E-state index contributed by atoms with van der Waals surface area (Å²) in [5, 5.41) is 0. The van der Waals surface area contributed by atoms with Crippen LogP contribution in [-0.2, 0) is 16.0 Å². The van der Waals surface area contributed by atoms with Crippen molar-refractivity contribution in [1.29, 1.82) is 0 Å². The summed E-state index contributed by atoms with van der Waals surface area (Å²) in [7, 11) is 0. The van der Waals surface area contributed by atoms with E-state index in [0.29, 0.717) is 19.6 Å². The first kappa shape index (κ1) is 12.0. The Balaban J connectivity index is 1.81. The monoisotopic (exact) mass is 234 g/mol. The number of aromatic nitrogens is 1. The third-order valence-corrected chi connectivity index (χ3v) is 2.94. The van der Waals surface area contributed by atoms with E-state index in [0.717, 1.165) is 18.5 Å². The molecule has 1 fully saturated rings. The maximum Gasteiger partial charge on any atom is 0.223 e. The number of carbonyl (C=O) groups excluding carboxylic acids is 1. The maximum atomic E-state index is 12.0. The zero-order chi connectivity index (χ0) is 12.1. The van der Waals surface area contributed by atoms with Gasteiger partial charge in [-0.15, -0.1) is 0 Å². The van der Waals surface area contributed by atoms with Gasteiger partial charge in [0.05, 0.1) is 12.7 Å². The molecule has 1 amide bonds. The van der Waals surface area contributed by atoms with Crippen LogP contribution in [0.4, 0.5) is 0 Å². The molecule has 0 aliphatic carbocycles. The minimum Gasteiger partial charge on any atom is -0.375 e. The van der Waals surface area contributed by atoms with E-state index in [1.807, 2.05) is 30.2 Å². The van der Waals surface area contributed by atoms with Crippen molar-refractivity contribution in [3.05, 3.63) is 30.1 Å². The normalized spacial score (nSPS) is 20.3. The molecule has 92 valence electrons. The number of morpholine rings is 1. The molecule has 2 heterocycles. The second-order valence-electron chi connectivity index (χ2n) is 4.38. The first-order chi connectivity index (χ1) is 8.25. The highest BCUT2D eigenvalue weighted by molar-refractivity contribution is 5.76. The Morgan fingerprint density at radius 2 is 2.53 bits per heavy atom. The van der Waals surface area contributed by atoms with Crippen LogP contribution >= 0.6 is 0 Å². The van der Waals surface area contributed by atoms with E-state index in [9.17, 15) is 4.79 Å². The molecule has 4 heteroatoms. The van der Waals surface area contributed by atoms with Gasteiger partial charge in [-0.2, -0.15) is 0 Å². The molecule has 1 saturated heterocycles. The van der Waals surface area contributed by atoms with Crippen molar-refractivity contribution in [3.63, 3.8) is 0 Å². The molecule has 1 aliphatic rings. The van der Waals surface area contributed by atoms with Gasteiger partial charge in [0.25, 0.3) is 0 Å². The summed E-state index contributed by atoms with van der Waals surface area (Å²) in [5.74, 6) is 0.212. The van der Waals surface area contributed by atoms with Crippen LogP contribution in [0.15, 0.2) is 24.5 Å². The van der Waals surface area contributed by atoms with Crippen molar-refractivity contribution in [3.8, 4) is 0 Å². The highest BCUT2D eigenvalue weighted by Crippen LogP contribution is 2.08. The molecule has 1 unspecified atom stereocenters. The summed E-state index contributed by atoms with van der Waals surface area (Å²) in [6.07, 6.45) is 5.03. The molecule has 0 bridgehead atoms. The SMILES string of the molecule is CC1CN(C(=O)CCc2cccnc2)CCO1. The Labute approximate surface area is 102 Å². The summed E-state index contributed by atoms with van der Waals surface area (Å²) in [4.78, 5) is 17.9. The first-order valence-corrected chi connectivity index (χ1v) is 6.04. The predicted molar refractivity (Wildman–Crippen MR) is 64.6 cm³/mol. The Hall–Kier alpha value is -1.42. The summed E-state index contributed by atoms with van der Waals surface area (Å²) >= 11 is 0. The topological polar surface area (TPSA) is 42.4 Å². The third-order valence-electron chi connectivity index (χ3n) is 2.94. The molecular formula is C13H18N2O2. The number of amides is 1. The van der Waals surface area contributed by atoms with Gasteiger partial charge in [0.15, 0.2) is 0 Å². The highest BCUT2D eigenvalue weighted by Gasteiger charge is 2.20. The van der Waals surface area contributed by atoms with Crippen LogP contribution in [-0.4, -0.2) is 41.6 Å². The van der Waals surface area contributed by atoms with Gasteiger partial charge in [-0.05, 0) is 25.0 Å². The minimum atomic E-state index is 0.158. The Bertz CT molecular complexity index is 367. The van der Waals surface area contributed by atoms with Gasteiger partial charge in [0.1, 0.15) is 0 Å². The zero-order valence-corrected chi connectivity index (χ0v) is 10.1. The standard InChI is InChI=1S/C13H18N2O2/c1-11-10-15(7-8-17-11)13(16)5-4-12-3-2-6-14-9-12/h2-3,6,9,11H,4-5,7-8,10H2,1H3. The Morgan fingerprint density at radius 1 is 1.65 bits per heavy atom. The molecule has 0 spiro atoms. The van der Waals surface area contributed by atoms with E-state index in [-0.39, 0.29) is 12.0 Å². The van der Waals surface area contributed by atoms with Gasteiger partial charge >= 0.3 is 0 Å². The molecule has 1 aromatic heterocycles. The fourth-order valence-electron chi connectivity index (χ4n) is 2.00. The molecule has 1 aliphatic heterocycles. The van der Waals surface area contributed by atoms with E-state index in [1.54, 1.807) is 6.20 Å². The molecule has 1 aromatic rings. The number of nitrogens with zero attached hydrogens (tertiary/aromatic N) is 2. The smallest absolute Gasteiger partial charge is 0.223 e. The van der Waals surface area contributed by atoms with E-state index in [4.69, 9.17) is 4.74 Å². The van der Waals surface area contributed by atoms with Crippen LogP contribution in [0.3, 0.4) is 0 Å². The molecule has 1 atom stereocenters. The number of pyridine rings is 1. The number of hydrogen-bond acceptors (Lipinski definition) is 3. The van der Waals surface area contributed by atoms with Gasteiger partial charge in [0.2, 0.25) is 5.91 Å². The summed E-state index contributed by atoms with van der Waals surface area (Å²) in [5.41, 5.74) is 1.11. The lowest BCUT2D eigenvalue weighted by atomic mass is 10.1. The van der Waals surface area contributed by atoms with Crippen LogP contribution in [0, 0.1) is 0 Å². The lowest BCUT2D eigenvalue weighted by molar-refractivity contribution is -0.138. The lowest BCUT2D eigenvalue weighted by Gasteiger charge is -2.31. The van der Waals surface area contributed by atoms with Gasteiger partial charge in [-0.3, -0.25) is 9.78 Å². The number of rotatable bonds is 3. The fraction of sp³-hybridized carbons (Fsp3) is 0.538. The van der Waals surface area contributed by atoms with E-state index in [1.165, 1.54) is 0 Å². The molecule has 0 saturated carbocycles. The van der Waals surface area contributed by atoms with E-state index in [2.05, 4.69) is 4.98 Å². The van der Waals surface area contributed by atoms with Crippen LogP contribution in [0.25, 0.3) is 0 Å². The summed E-state index contributed by atoms with van der Waals surface area (Å²) < 4.78 is 5.42. The predicted octanol–water partition coefficient (Wildman–Crippen LogP) is 1.26. The van der Waals surface area contributed by atoms with Crippen LogP contribution in [0.5, 0.6) is 0 Å². The maximum absolute atomic E-state index is 12.0. The van der Waals surface area contributed by atoms with E-state index >= 15 is 0 Å². The van der Waals surface area contributed by atoms with Gasteiger partial charge in [0, 0.05) is 31.9 Å². The van der Waals surface area contributed by atoms with Gasteiger partial charge in [-0.25, -0.2) is 0 Å². The van der Waals surface area contributed by atoms with E-state index < -0.39 is 0 Å². The lowest BCUT2D eigenvalue weighted by Crippen LogP contribution is -2.44. The molecule has 0 N–H and O–H groups in total. The molecule has 17 heavy (non-hydrogen) atoms. The van der Waals surface area contributed by atoms with Crippen molar-refractivity contribution >= 4 is 5.91 Å². The second-order valence-corrected chi connectivity index (χ2v) is 4.38. The fourth-order valence-corrected chi connectivity index (χ4v) is 2.00. The highest BCUT2D eigenvalue weighted by atomic mass is 16.5. The second kappa shape index (κ2) is 5.77. The molecule has 2 rings (SSSR count). The number of hydrogen-bond donors (Lipinski definition) is 0. The zero-order valence-electron chi connectivity index (χ0n) is 10.1. The van der Waals surface area contributed by atoms with Crippen molar-refractivity contribution in [2.24, 2.45) is 0 Å². The largest absolute Gasteiger partial charge is 0.375 e. The summed E-state index contributed by atoms with van der Waals surface area (Å²) in [6, 6.07) is 3.90. The van der Waals surface area contributed by atoms with Crippen molar-refractivity contribution < 1.29 is 9.53 Å². The van der Waals surface area contributed by atoms with Crippen LogP contribution < -0.4 is 0 Å². The summed E-state index contributed by atoms with van der Waals surface area (Å²) in [6.45, 7) is 4.09. The minimum absolute atomic E-state index is 0.158. The quantitative estimate of drug-likeness (QED) is 0.790. The van der Waals surface area contributed by atoms with Gasteiger partial charge in [-0.1, -0.05) is 6.07 Å². The molecule has 0 aromatic carbocycles. The van der Waals surface area contributed by atoms with Crippen LogP contribution in [0.2, 0.25) is 0 Å². The Morgan fingerprint density at radius 3 is 3.24 bits per heavy atom. The van der Waals surface area contributed by atoms with Gasteiger partial charge < -0.3 is 9.64 Å². The van der Waals surface area contributed by atoms with Crippen molar-refractivity contribution in [2.75, 3.05) is 19.7 Å². The number of ether oxygens (including phenoxy) is 1. The molecule has 4 nitrogen and oxygen atoms in total. The number of aryl methyl sites for hydroxylation is 1. The molecular weight excluding hydrogens is 216 g/mol. The number of carbonyl (C=O) groups is 1. The van der Waals surface area contributed by atoms with Crippen molar-refractivity contribution in [2.45, 2.75) is 25.9 Å². The average molecular weight is 234 g/mol. The molecule has 0 radical (unpaired) electrons. The first-order valence-electron chi connectivity index (χ1n) is 6.04. The van der Waals surface area contributed by atoms with Crippen LogP contribution in [0.1, 0.15) is 18.9 Å². The average Bonchev–Trinajstić information content (AvgIpc) is 2.37. The van der Waals surface area contributed by atoms with Crippen molar-refractivity contribution in [1.82, 2.24) is 9.88 Å². The Kier molecular flexibility index (Phi) is 4.09. The third kappa shape index (κ3) is 3.53.